The summed E-state index contributed by atoms with van der Waals surface area (Å²) in [6.45, 7) is 2.86. The Balaban J connectivity index is 1.43. The summed E-state index contributed by atoms with van der Waals surface area (Å²) in [5, 5.41) is 23.9. The minimum Gasteiger partial charge on any atom is -0.477 e. The van der Waals surface area contributed by atoms with Crippen molar-refractivity contribution in [3.63, 3.8) is 0 Å². The Kier molecular flexibility index (Phi) is 7.17. The standard InChI is InChI=1S/C18H17ClF2N6O4S3/c1-6-10(19)11(14(20)21)25-26(6)3-9(28)22-12-15(29)27-13(17(30)31)8(4-32-16(12)27)5-33-18-24-23-7(2)34-18/h12,14,16H,3-5H2,1-2H3,(H,22,28)(H,30,31)/t12-,16+/m1/s1. The smallest absolute Gasteiger partial charge is 0.352 e. The van der Waals surface area contributed by atoms with Crippen LogP contribution >= 0.6 is 46.5 Å². The van der Waals surface area contributed by atoms with Crippen LogP contribution in [0.2, 0.25) is 5.02 Å². The number of thioether (sulfide) groups is 2. The number of carbonyl (C=O) groups is 3. The van der Waals surface area contributed by atoms with E-state index in [-0.39, 0.29) is 16.4 Å². The molecule has 1 saturated heterocycles. The van der Waals surface area contributed by atoms with Crippen molar-refractivity contribution in [1.29, 1.82) is 0 Å². The lowest BCUT2D eigenvalue weighted by Crippen LogP contribution is -2.70. The molecule has 0 radical (unpaired) electrons. The van der Waals surface area contributed by atoms with Gasteiger partial charge < -0.3 is 10.4 Å². The van der Waals surface area contributed by atoms with Crippen molar-refractivity contribution in [2.75, 3.05) is 11.5 Å². The highest BCUT2D eigenvalue weighted by Crippen LogP contribution is 2.41. The van der Waals surface area contributed by atoms with E-state index in [0.29, 0.717) is 21.4 Å². The van der Waals surface area contributed by atoms with Gasteiger partial charge >= 0.3 is 5.97 Å². The van der Waals surface area contributed by atoms with E-state index >= 15 is 0 Å². The van der Waals surface area contributed by atoms with E-state index in [2.05, 4.69) is 20.6 Å². The molecule has 16 heteroatoms. The zero-order valence-electron chi connectivity index (χ0n) is 17.6. The molecule has 0 saturated carbocycles. The fourth-order valence-electron chi connectivity index (χ4n) is 3.48. The van der Waals surface area contributed by atoms with E-state index in [0.717, 1.165) is 9.69 Å². The Hall–Kier alpha value is -2.23. The number of carboxylic acids is 1. The first kappa shape index (κ1) is 24.9. The molecular formula is C18H17ClF2N6O4S3. The van der Waals surface area contributed by atoms with Crippen molar-refractivity contribution in [3.05, 3.63) is 32.7 Å². The Morgan fingerprint density at radius 2 is 2.09 bits per heavy atom. The number of amides is 2. The molecule has 2 aliphatic heterocycles. The molecule has 0 aromatic carbocycles. The van der Waals surface area contributed by atoms with Gasteiger partial charge in [-0.3, -0.25) is 19.2 Å². The molecule has 2 N–H and O–H groups in total. The van der Waals surface area contributed by atoms with E-state index in [1.165, 1.54) is 46.7 Å². The van der Waals surface area contributed by atoms with Crippen molar-refractivity contribution in [1.82, 2.24) is 30.2 Å². The van der Waals surface area contributed by atoms with Crippen LogP contribution < -0.4 is 5.32 Å². The Labute approximate surface area is 209 Å². The lowest BCUT2D eigenvalue weighted by atomic mass is 10.0. The molecule has 34 heavy (non-hydrogen) atoms. The van der Waals surface area contributed by atoms with Gasteiger partial charge in [-0.1, -0.05) is 34.7 Å². The van der Waals surface area contributed by atoms with E-state index in [4.69, 9.17) is 11.6 Å². The van der Waals surface area contributed by atoms with Gasteiger partial charge in [0, 0.05) is 11.5 Å². The summed E-state index contributed by atoms with van der Waals surface area (Å²) in [7, 11) is 0. The van der Waals surface area contributed by atoms with Crippen molar-refractivity contribution in [2.24, 2.45) is 0 Å². The third-order valence-electron chi connectivity index (χ3n) is 5.10. The summed E-state index contributed by atoms with van der Waals surface area (Å²) >= 11 is 9.92. The van der Waals surface area contributed by atoms with Gasteiger partial charge in [-0.25, -0.2) is 13.6 Å². The summed E-state index contributed by atoms with van der Waals surface area (Å²) < 4.78 is 27.7. The molecule has 1 fully saturated rings. The minimum absolute atomic E-state index is 0.0933. The first-order valence-electron chi connectivity index (χ1n) is 9.71. The zero-order chi connectivity index (χ0) is 24.7. The maximum Gasteiger partial charge on any atom is 0.352 e. The SMILES string of the molecule is Cc1nnc(SCC2=C(C(=O)O)N3C(=O)[C@@H](NC(=O)Cn4nc(C(F)F)c(Cl)c4C)[C@@H]3SC2)s1. The highest BCUT2D eigenvalue weighted by atomic mass is 35.5. The fraction of sp³-hybridized carbons (Fsp3) is 0.444. The van der Waals surface area contributed by atoms with Crippen LogP contribution in [0.25, 0.3) is 0 Å². The monoisotopic (exact) mass is 550 g/mol. The quantitative estimate of drug-likeness (QED) is 0.376. The molecule has 4 heterocycles. The molecule has 2 aromatic heterocycles. The maximum atomic E-state index is 13.0. The number of aryl methyl sites for hydroxylation is 1. The second kappa shape index (κ2) is 9.79. The van der Waals surface area contributed by atoms with Crippen LogP contribution in [0.15, 0.2) is 15.6 Å². The molecule has 0 aliphatic carbocycles. The summed E-state index contributed by atoms with van der Waals surface area (Å²) in [5.41, 5.74) is 0.0611. The number of nitrogens with one attached hydrogen (secondary N) is 1. The number of carbonyl (C=O) groups excluding carboxylic acids is 2. The lowest BCUT2D eigenvalue weighted by Gasteiger charge is -2.49. The van der Waals surface area contributed by atoms with Gasteiger partial charge in [-0.15, -0.1) is 22.0 Å². The van der Waals surface area contributed by atoms with Gasteiger partial charge in [0.15, 0.2) is 4.34 Å². The molecule has 2 amide bonds. The summed E-state index contributed by atoms with van der Waals surface area (Å²) in [5.74, 6) is -1.72. The normalized spacial score (nSPS) is 19.9. The number of hydrogen-bond donors (Lipinski definition) is 2. The number of halogens is 3. The molecular weight excluding hydrogens is 534 g/mol. The van der Waals surface area contributed by atoms with Crippen LogP contribution in [-0.2, 0) is 20.9 Å². The van der Waals surface area contributed by atoms with Crippen LogP contribution in [0.1, 0.15) is 22.8 Å². The van der Waals surface area contributed by atoms with Crippen molar-refractivity contribution >= 4 is 64.2 Å². The summed E-state index contributed by atoms with van der Waals surface area (Å²) in [4.78, 5) is 38.4. The van der Waals surface area contributed by atoms with Crippen molar-refractivity contribution in [2.45, 2.75) is 42.6 Å². The average molecular weight is 551 g/mol. The Bertz CT molecular complexity index is 1200. The van der Waals surface area contributed by atoms with Crippen molar-refractivity contribution in [3.8, 4) is 0 Å². The van der Waals surface area contributed by atoms with Gasteiger partial charge in [-0.2, -0.15) is 5.10 Å². The molecule has 4 rings (SSSR count). The first-order chi connectivity index (χ1) is 16.1. The molecule has 0 unspecified atom stereocenters. The van der Waals surface area contributed by atoms with Gasteiger partial charge in [0.05, 0.1) is 10.7 Å². The first-order valence-corrected chi connectivity index (χ1v) is 12.9. The zero-order valence-corrected chi connectivity index (χ0v) is 20.8. The molecule has 2 aliphatic rings. The molecule has 2 atom stereocenters. The number of carboxylic acid groups (broad SMARTS) is 1. The summed E-state index contributed by atoms with van der Waals surface area (Å²) in [6, 6.07) is -0.937. The van der Waals surface area contributed by atoms with Crippen LogP contribution in [0, 0.1) is 13.8 Å². The molecule has 0 bridgehead atoms. The molecule has 10 nitrogen and oxygen atoms in total. The molecule has 182 valence electrons. The van der Waals surface area contributed by atoms with Crippen LogP contribution in [0.5, 0.6) is 0 Å². The van der Waals surface area contributed by atoms with Gasteiger partial charge in [-0.05, 0) is 19.4 Å². The number of β-lactam (4-membered cyclic amide) rings is 1. The number of nitrogens with zero attached hydrogens (tertiary/aromatic N) is 5. The van der Waals surface area contributed by atoms with Crippen molar-refractivity contribution < 1.29 is 28.3 Å². The second-order valence-corrected chi connectivity index (χ2v) is 11.2. The average Bonchev–Trinajstić information content (AvgIpc) is 3.33. The largest absolute Gasteiger partial charge is 0.477 e. The number of alkyl halides is 2. The second-order valence-electron chi connectivity index (χ2n) is 7.33. The minimum atomic E-state index is -2.89. The predicted molar refractivity (Wildman–Crippen MR) is 122 cm³/mol. The predicted octanol–water partition coefficient (Wildman–Crippen LogP) is 2.47. The van der Waals surface area contributed by atoms with E-state index in [1.807, 2.05) is 6.92 Å². The lowest BCUT2D eigenvalue weighted by molar-refractivity contribution is -0.150. The van der Waals surface area contributed by atoms with Gasteiger partial charge in [0.25, 0.3) is 12.3 Å². The summed E-state index contributed by atoms with van der Waals surface area (Å²) in [6.07, 6.45) is -2.89. The number of fused-ring (bicyclic) bond motifs is 1. The van der Waals surface area contributed by atoms with Gasteiger partial charge in [0.2, 0.25) is 5.91 Å². The van der Waals surface area contributed by atoms with E-state index < -0.39 is 47.9 Å². The van der Waals surface area contributed by atoms with Gasteiger partial charge in [0.1, 0.15) is 34.4 Å². The fourth-order valence-corrected chi connectivity index (χ4v) is 6.99. The van der Waals surface area contributed by atoms with Crippen LogP contribution in [0.4, 0.5) is 8.78 Å². The number of hydrogen-bond acceptors (Lipinski definition) is 9. The topological polar surface area (TPSA) is 130 Å². The Morgan fingerprint density at radius 1 is 1.35 bits per heavy atom. The highest BCUT2D eigenvalue weighted by molar-refractivity contribution is 8.01. The maximum absolute atomic E-state index is 13.0. The molecule has 2 aromatic rings. The molecule has 0 spiro atoms. The number of rotatable bonds is 8. The van der Waals surface area contributed by atoms with Crippen LogP contribution in [-0.4, -0.2) is 70.7 Å². The van der Waals surface area contributed by atoms with Crippen LogP contribution in [0.3, 0.4) is 0 Å². The third kappa shape index (κ3) is 4.65. The number of aromatic nitrogens is 4. The third-order valence-corrected chi connectivity index (χ3v) is 8.97. The van der Waals surface area contributed by atoms with E-state index in [1.54, 1.807) is 0 Å². The highest BCUT2D eigenvalue weighted by Gasteiger charge is 2.54. The Morgan fingerprint density at radius 3 is 2.68 bits per heavy atom. The number of aliphatic carboxylic acids is 1. The van der Waals surface area contributed by atoms with E-state index in [9.17, 15) is 28.3 Å².